The molecule has 0 aromatic heterocycles. The fourth-order valence-electron chi connectivity index (χ4n) is 2.70. The summed E-state index contributed by atoms with van der Waals surface area (Å²) in [7, 11) is 3.28. The van der Waals surface area contributed by atoms with E-state index in [9.17, 15) is 4.79 Å². The number of aryl methyl sites for hydroxylation is 1. The standard InChI is InChI=1S/C22H29NO4S/c1-5-27-20-13-8-17(15-21(20)26-4)7-6-14-23-22(24)16(2)28-19-11-9-18(25-3)10-12-19/h8-13,15-16H,5-7,14H2,1-4H3,(H,23,24)/t16-/m0/s1. The summed E-state index contributed by atoms with van der Waals surface area (Å²) in [6, 6.07) is 13.7. The number of ether oxygens (including phenoxy) is 3. The lowest BCUT2D eigenvalue weighted by molar-refractivity contribution is -0.120. The lowest BCUT2D eigenvalue weighted by atomic mass is 10.1. The van der Waals surface area contributed by atoms with Gasteiger partial charge in [0.2, 0.25) is 5.91 Å². The molecule has 0 unspecified atom stereocenters. The zero-order valence-corrected chi connectivity index (χ0v) is 17.8. The van der Waals surface area contributed by atoms with Crippen LogP contribution in [0.15, 0.2) is 47.4 Å². The third-order valence-electron chi connectivity index (χ3n) is 4.21. The number of carbonyl (C=O) groups is 1. The molecule has 0 aliphatic carbocycles. The van der Waals surface area contributed by atoms with Gasteiger partial charge in [0.1, 0.15) is 5.75 Å². The van der Waals surface area contributed by atoms with E-state index in [0.717, 1.165) is 40.5 Å². The van der Waals surface area contributed by atoms with Crippen molar-refractivity contribution in [3.8, 4) is 17.2 Å². The first kappa shape index (κ1) is 22.0. The van der Waals surface area contributed by atoms with Crippen LogP contribution in [0.5, 0.6) is 17.2 Å². The Morgan fingerprint density at radius 1 is 1.07 bits per heavy atom. The lowest BCUT2D eigenvalue weighted by Crippen LogP contribution is -2.31. The molecule has 0 saturated heterocycles. The largest absolute Gasteiger partial charge is 0.497 e. The lowest BCUT2D eigenvalue weighted by Gasteiger charge is -2.13. The van der Waals surface area contributed by atoms with E-state index in [2.05, 4.69) is 5.32 Å². The molecule has 2 aromatic rings. The molecule has 6 heteroatoms. The quantitative estimate of drug-likeness (QED) is 0.447. The van der Waals surface area contributed by atoms with Crippen molar-refractivity contribution in [2.24, 2.45) is 0 Å². The fourth-order valence-corrected chi connectivity index (χ4v) is 3.59. The van der Waals surface area contributed by atoms with E-state index in [0.29, 0.717) is 13.2 Å². The fraction of sp³-hybridized carbons (Fsp3) is 0.409. The smallest absolute Gasteiger partial charge is 0.233 e. The van der Waals surface area contributed by atoms with Gasteiger partial charge in [-0.15, -0.1) is 11.8 Å². The molecule has 0 saturated carbocycles. The molecule has 0 fully saturated rings. The average Bonchev–Trinajstić information content (AvgIpc) is 2.72. The zero-order chi connectivity index (χ0) is 20.4. The van der Waals surface area contributed by atoms with Crippen LogP contribution in [-0.4, -0.2) is 38.5 Å². The van der Waals surface area contributed by atoms with Crippen molar-refractivity contribution in [2.45, 2.75) is 36.8 Å². The third kappa shape index (κ3) is 6.68. The molecule has 152 valence electrons. The highest BCUT2D eigenvalue weighted by molar-refractivity contribution is 8.00. The van der Waals surface area contributed by atoms with E-state index in [1.807, 2.05) is 56.3 Å². The molecular weight excluding hydrogens is 374 g/mol. The summed E-state index contributed by atoms with van der Waals surface area (Å²) in [5, 5.41) is 2.86. The number of hydrogen-bond acceptors (Lipinski definition) is 5. The molecule has 0 aliphatic heterocycles. The Morgan fingerprint density at radius 2 is 1.82 bits per heavy atom. The van der Waals surface area contributed by atoms with Crippen LogP contribution in [0.25, 0.3) is 0 Å². The molecule has 1 N–H and O–H groups in total. The normalized spacial score (nSPS) is 11.6. The van der Waals surface area contributed by atoms with Crippen molar-refractivity contribution in [3.05, 3.63) is 48.0 Å². The van der Waals surface area contributed by atoms with Crippen molar-refractivity contribution in [2.75, 3.05) is 27.4 Å². The highest BCUT2D eigenvalue weighted by Crippen LogP contribution is 2.28. The Bertz CT molecular complexity index is 749. The molecule has 1 amide bonds. The second-order valence-corrected chi connectivity index (χ2v) is 7.66. The van der Waals surface area contributed by atoms with Gasteiger partial charge in [0.25, 0.3) is 0 Å². The van der Waals surface area contributed by atoms with Crippen LogP contribution < -0.4 is 19.5 Å². The molecule has 1 atom stereocenters. The van der Waals surface area contributed by atoms with Crippen LogP contribution in [0.3, 0.4) is 0 Å². The van der Waals surface area contributed by atoms with Gasteiger partial charge in [-0.25, -0.2) is 0 Å². The highest BCUT2D eigenvalue weighted by Gasteiger charge is 2.14. The molecule has 0 bridgehead atoms. The van der Waals surface area contributed by atoms with Crippen LogP contribution in [0.4, 0.5) is 0 Å². The number of carbonyl (C=O) groups excluding carboxylic acids is 1. The van der Waals surface area contributed by atoms with Crippen LogP contribution >= 0.6 is 11.8 Å². The van der Waals surface area contributed by atoms with Crippen molar-refractivity contribution < 1.29 is 19.0 Å². The second kappa shape index (κ2) is 11.5. The van der Waals surface area contributed by atoms with Gasteiger partial charge >= 0.3 is 0 Å². The monoisotopic (exact) mass is 403 g/mol. The van der Waals surface area contributed by atoms with Crippen molar-refractivity contribution in [1.29, 1.82) is 0 Å². The molecule has 0 aliphatic rings. The summed E-state index contributed by atoms with van der Waals surface area (Å²) in [6.07, 6.45) is 1.73. The number of nitrogens with one attached hydrogen (secondary N) is 1. The maximum atomic E-state index is 12.3. The van der Waals surface area contributed by atoms with Gasteiger partial charge in [0.15, 0.2) is 11.5 Å². The SMILES string of the molecule is CCOc1ccc(CCCNC(=O)[C@H](C)Sc2ccc(OC)cc2)cc1OC. The number of amides is 1. The number of benzene rings is 2. The van der Waals surface area contributed by atoms with Gasteiger partial charge in [-0.3, -0.25) is 4.79 Å². The Balaban J connectivity index is 1.75. The first-order valence-electron chi connectivity index (χ1n) is 9.45. The summed E-state index contributed by atoms with van der Waals surface area (Å²) in [5.74, 6) is 2.36. The molecule has 2 aromatic carbocycles. The Hall–Kier alpha value is -2.34. The number of thioether (sulfide) groups is 1. The van der Waals surface area contributed by atoms with Gasteiger partial charge < -0.3 is 19.5 Å². The summed E-state index contributed by atoms with van der Waals surface area (Å²) < 4.78 is 16.1. The third-order valence-corrected chi connectivity index (χ3v) is 5.32. The zero-order valence-electron chi connectivity index (χ0n) is 17.0. The molecule has 28 heavy (non-hydrogen) atoms. The maximum Gasteiger partial charge on any atom is 0.233 e. The van der Waals surface area contributed by atoms with Gasteiger partial charge in [-0.1, -0.05) is 6.07 Å². The molecule has 0 radical (unpaired) electrons. The molecule has 0 heterocycles. The van der Waals surface area contributed by atoms with Crippen LogP contribution in [-0.2, 0) is 11.2 Å². The molecular formula is C22H29NO4S. The minimum Gasteiger partial charge on any atom is -0.497 e. The Morgan fingerprint density at radius 3 is 2.46 bits per heavy atom. The van der Waals surface area contributed by atoms with Crippen molar-refractivity contribution >= 4 is 17.7 Å². The van der Waals surface area contributed by atoms with Crippen molar-refractivity contribution in [1.82, 2.24) is 5.32 Å². The van der Waals surface area contributed by atoms with Crippen LogP contribution in [0, 0.1) is 0 Å². The predicted molar refractivity (Wildman–Crippen MR) is 114 cm³/mol. The highest BCUT2D eigenvalue weighted by atomic mass is 32.2. The molecule has 0 spiro atoms. The summed E-state index contributed by atoms with van der Waals surface area (Å²) >= 11 is 1.54. The summed E-state index contributed by atoms with van der Waals surface area (Å²) in [6.45, 7) is 5.11. The van der Waals surface area contributed by atoms with E-state index < -0.39 is 0 Å². The van der Waals surface area contributed by atoms with E-state index in [1.165, 1.54) is 11.8 Å². The maximum absolute atomic E-state index is 12.3. The van der Waals surface area contributed by atoms with Gasteiger partial charge in [0, 0.05) is 11.4 Å². The summed E-state index contributed by atoms with van der Waals surface area (Å²) in [4.78, 5) is 13.4. The number of rotatable bonds is 11. The van der Waals surface area contributed by atoms with E-state index in [1.54, 1.807) is 14.2 Å². The predicted octanol–water partition coefficient (Wildman–Crippen LogP) is 4.33. The van der Waals surface area contributed by atoms with Crippen LogP contribution in [0.2, 0.25) is 0 Å². The molecule has 2 rings (SSSR count). The van der Waals surface area contributed by atoms with E-state index in [4.69, 9.17) is 14.2 Å². The molecule has 5 nitrogen and oxygen atoms in total. The van der Waals surface area contributed by atoms with Gasteiger partial charge in [-0.2, -0.15) is 0 Å². The van der Waals surface area contributed by atoms with Crippen molar-refractivity contribution in [3.63, 3.8) is 0 Å². The van der Waals surface area contributed by atoms with Gasteiger partial charge in [-0.05, 0) is 68.7 Å². The van der Waals surface area contributed by atoms with Gasteiger partial charge in [0.05, 0.1) is 26.1 Å². The first-order chi connectivity index (χ1) is 13.6. The first-order valence-corrected chi connectivity index (χ1v) is 10.3. The Labute approximate surface area is 171 Å². The topological polar surface area (TPSA) is 56.8 Å². The average molecular weight is 404 g/mol. The van der Waals surface area contributed by atoms with Crippen LogP contribution in [0.1, 0.15) is 25.8 Å². The number of methoxy groups -OCH3 is 2. The van der Waals surface area contributed by atoms with E-state index >= 15 is 0 Å². The number of hydrogen-bond donors (Lipinski definition) is 1. The minimum absolute atomic E-state index is 0.0464. The Kier molecular flexibility index (Phi) is 9.01. The van der Waals surface area contributed by atoms with E-state index in [-0.39, 0.29) is 11.2 Å². The minimum atomic E-state index is -0.154. The second-order valence-electron chi connectivity index (χ2n) is 6.25. The summed E-state index contributed by atoms with van der Waals surface area (Å²) in [5.41, 5.74) is 1.16.